The summed E-state index contributed by atoms with van der Waals surface area (Å²) in [6.45, 7) is 6.91. The van der Waals surface area contributed by atoms with E-state index in [1.807, 2.05) is 12.1 Å². The largest absolute Gasteiger partial charge is 0.381 e. The lowest BCUT2D eigenvalue weighted by molar-refractivity contribution is 1.11. The van der Waals surface area contributed by atoms with Gasteiger partial charge in [-0.1, -0.05) is 56.0 Å². The number of nitrogens with one attached hydrogen (secondary N) is 1. The first-order valence-corrected chi connectivity index (χ1v) is 6.36. The highest BCUT2D eigenvalue weighted by Gasteiger charge is 1.99. The van der Waals surface area contributed by atoms with Crippen molar-refractivity contribution in [2.45, 2.75) is 19.9 Å². The van der Waals surface area contributed by atoms with Gasteiger partial charge >= 0.3 is 0 Å². The second kappa shape index (κ2) is 6.06. The van der Waals surface area contributed by atoms with Gasteiger partial charge in [-0.3, -0.25) is 0 Å². The second-order valence-electron chi connectivity index (χ2n) is 4.31. The summed E-state index contributed by atoms with van der Waals surface area (Å²) in [5.74, 6) is 0. The number of hydrogen-bond acceptors (Lipinski definition) is 1. The molecule has 2 aliphatic rings. The van der Waals surface area contributed by atoms with Gasteiger partial charge in [-0.25, -0.2) is 0 Å². The van der Waals surface area contributed by atoms with Crippen LogP contribution in [-0.4, -0.2) is 0 Å². The summed E-state index contributed by atoms with van der Waals surface area (Å²) in [5.41, 5.74) is 5.24. The average molecular weight is 237 g/mol. The molecule has 0 radical (unpaired) electrons. The molecule has 0 aliphatic carbocycles. The van der Waals surface area contributed by atoms with Gasteiger partial charge < -0.3 is 5.32 Å². The van der Waals surface area contributed by atoms with Crippen molar-refractivity contribution in [3.63, 3.8) is 0 Å². The zero-order valence-electron chi connectivity index (χ0n) is 10.8. The summed E-state index contributed by atoms with van der Waals surface area (Å²) in [6.07, 6.45) is 2.99. The van der Waals surface area contributed by atoms with Crippen LogP contribution in [0.15, 0.2) is 55.1 Å². The van der Waals surface area contributed by atoms with Gasteiger partial charge in [0.15, 0.2) is 0 Å². The molecular formula is C17H19N. The second-order valence-corrected chi connectivity index (χ2v) is 4.31. The van der Waals surface area contributed by atoms with E-state index in [0.717, 1.165) is 13.0 Å². The Hall–Kier alpha value is -2.02. The van der Waals surface area contributed by atoms with Gasteiger partial charge in [0.25, 0.3) is 0 Å². The maximum Gasteiger partial charge on any atom is 0.0400 e. The summed E-state index contributed by atoms with van der Waals surface area (Å²) in [5, 5.41) is 3.22. The lowest BCUT2D eigenvalue weighted by atomic mass is 10.1. The molecule has 18 heavy (non-hydrogen) atoms. The Morgan fingerprint density at radius 2 is 1.83 bits per heavy atom. The van der Waals surface area contributed by atoms with Crippen LogP contribution in [-0.2, 0) is 13.0 Å². The quantitative estimate of drug-likeness (QED) is 0.810. The van der Waals surface area contributed by atoms with Gasteiger partial charge in [-0.15, -0.1) is 0 Å². The minimum atomic E-state index is 1.02. The molecule has 2 bridgehead atoms. The molecule has 2 aliphatic heterocycles. The highest BCUT2D eigenvalue weighted by Crippen LogP contribution is 2.16. The molecule has 0 fully saturated rings. The fourth-order valence-electron chi connectivity index (χ4n) is 2.00. The minimum absolute atomic E-state index is 1.02. The monoisotopic (exact) mass is 237 g/mol. The SMILES string of the molecule is C=Cc1ccccc1CC.c1cc2ccc1CN2. The van der Waals surface area contributed by atoms with Crippen molar-refractivity contribution in [2.75, 3.05) is 5.32 Å². The van der Waals surface area contributed by atoms with Crippen molar-refractivity contribution in [2.24, 2.45) is 0 Å². The number of fused-ring (bicyclic) bond motifs is 3. The molecule has 2 heterocycles. The fourth-order valence-corrected chi connectivity index (χ4v) is 2.00. The Morgan fingerprint density at radius 3 is 2.17 bits per heavy atom. The zero-order valence-corrected chi connectivity index (χ0v) is 10.8. The molecule has 2 aromatic carbocycles. The number of rotatable bonds is 2. The van der Waals surface area contributed by atoms with E-state index in [-0.39, 0.29) is 0 Å². The Kier molecular flexibility index (Phi) is 4.19. The molecule has 0 atom stereocenters. The van der Waals surface area contributed by atoms with Gasteiger partial charge in [0, 0.05) is 12.2 Å². The fraction of sp³-hybridized carbons (Fsp3) is 0.176. The molecule has 4 rings (SSSR count). The third-order valence-electron chi connectivity index (χ3n) is 3.11. The molecule has 0 spiro atoms. The third kappa shape index (κ3) is 3.01. The van der Waals surface area contributed by atoms with Crippen LogP contribution in [0.1, 0.15) is 23.6 Å². The molecule has 0 aromatic heterocycles. The van der Waals surface area contributed by atoms with Gasteiger partial charge in [-0.2, -0.15) is 0 Å². The van der Waals surface area contributed by atoms with Crippen LogP contribution in [0, 0.1) is 0 Å². The van der Waals surface area contributed by atoms with Gasteiger partial charge in [-0.05, 0) is 35.2 Å². The zero-order chi connectivity index (χ0) is 12.8. The van der Waals surface area contributed by atoms with Crippen LogP contribution in [0.25, 0.3) is 6.08 Å². The topological polar surface area (TPSA) is 12.0 Å². The van der Waals surface area contributed by atoms with Crippen LogP contribution in [0.2, 0.25) is 0 Å². The lowest BCUT2D eigenvalue weighted by Crippen LogP contribution is -2.04. The van der Waals surface area contributed by atoms with Crippen molar-refractivity contribution < 1.29 is 0 Å². The Bertz CT molecular complexity index is 488. The van der Waals surface area contributed by atoms with E-state index < -0.39 is 0 Å². The van der Waals surface area contributed by atoms with Crippen LogP contribution < -0.4 is 5.32 Å². The van der Waals surface area contributed by atoms with Crippen molar-refractivity contribution in [1.29, 1.82) is 0 Å². The summed E-state index contributed by atoms with van der Waals surface area (Å²) in [4.78, 5) is 0. The molecule has 1 heteroatoms. The first-order chi connectivity index (χ1) is 8.83. The number of anilines is 1. The lowest BCUT2D eigenvalue weighted by Gasteiger charge is -2.12. The molecule has 92 valence electrons. The smallest absolute Gasteiger partial charge is 0.0400 e. The summed E-state index contributed by atoms with van der Waals surface area (Å²) in [6, 6.07) is 16.8. The number of benzene rings is 2. The Balaban J connectivity index is 0.000000136. The highest BCUT2D eigenvalue weighted by atomic mass is 14.9. The molecule has 0 saturated carbocycles. The number of hydrogen-bond donors (Lipinski definition) is 1. The Morgan fingerprint density at radius 1 is 1.11 bits per heavy atom. The molecule has 0 saturated heterocycles. The first-order valence-electron chi connectivity index (χ1n) is 6.36. The predicted molar refractivity (Wildman–Crippen MR) is 79.7 cm³/mol. The molecule has 1 N–H and O–H groups in total. The van der Waals surface area contributed by atoms with Crippen molar-refractivity contribution in [3.8, 4) is 0 Å². The Labute approximate surface area is 109 Å². The number of aryl methyl sites for hydroxylation is 1. The maximum atomic E-state index is 3.74. The predicted octanol–water partition coefficient (Wildman–Crippen LogP) is 4.50. The minimum Gasteiger partial charge on any atom is -0.381 e. The van der Waals surface area contributed by atoms with Crippen LogP contribution >= 0.6 is 0 Å². The van der Waals surface area contributed by atoms with E-state index >= 15 is 0 Å². The van der Waals surface area contributed by atoms with Gasteiger partial charge in [0.1, 0.15) is 0 Å². The van der Waals surface area contributed by atoms with Gasteiger partial charge in [0.2, 0.25) is 0 Å². The van der Waals surface area contributed by atoms with E-state index in [4.69, 9.17) is 0 Å². The summed E-state index contributed by atoms with van der Waals surface area (Å²) >= 11 is 0. The molecule has 2 aromatic rings. The van der Waals surface area contributed by atoms with Crippen molar-refractivity contribution >= 4 is 11.8 Å². The van der Waals surface area contributed by atoms with Crippen LogP contribution in [0.4, 0.5) is 5.69 Å². The standard InChI is InChI=1S/C10H12.C7H7N/c1-3-9-7-5-6-8-10(9)4-2;1-3-7-4-2-6(1)5-8-7/h3,5-8H,1,4H2,2H3;1-4,8H,5H2. The highest BCUT2D eigenvalue weighted by molar-refractivity contribution is 5.51. The average Bonchev–Trinajstić information content (AvgIpc) is 2.50. The molecular weight excluding hydrogens is 218 g/mol. The maximum absolute atomic E-state index is 3.74. The van der Waals surface area contributed by atoms with Crippen molar-refractivity contribution in [1.82, 2.24) is 0 Å². The van der Waals surface area contributed by atoms with E-state index in [1.165, 1.54) is 22.4 Å². The molecule has 1 nitrogen and oxygen atoms in total. The van der Waals surface area contributed by atoms with E-state index in [9.17, 15) is 0 Å². The van der Waals surface area contributed by atoms with Crippen LogP contribution in [0.3, 0.4) is 0 Å². The van der Waals surface area contributed by atoms with Crippen molar-refractivity contribution in [3.05, 3.63) is 71.8 Å². The van der Waals surface area contributed by atoms with E-state index in [1.54, 1.807) is 0 Å². The molecule has 0 unspecified atom stereocenters. The first kappa shape index (κ1) is 12.4. The summed E-state index contributed by atoms with van der Waals surface area (Å²) in [7, 11) is 0. The normalized spacial score (nSPS) is 11.2. The van der Waals surface area contributed by atoms with Gasteiger partial charge in [0.05, 0.1) is 0 Å². The van der Waals surface area contributed by atoms with E-state index in [0.29, 0.717) is 0 Å². The van der Waals surface area contributed by atoms with E-state index in [2.05, 4.69) is 61.3 Å². The third-order valence-corrected chi connectivity index (χ3v) is 3.11. The van der Waals surface area contributed by atoms with Crippen LogP contribution in [0.5, 0.6) is 0 Å². The summed E-state index contributed by atoms with van der Waals surface area (Å²) < 4.78 is 0. The molecule has 0 amide bonds.